The van der Waals surface area contributed by atoms with Crippen molar-refractivity contribution in [2.75, 3.05) is 0 Å². The molecule has 0 spiro atoms. The van der Waals surface area contributed by atoms with E-state index >= 15 is 0 Å². The SMILES string of the molecule is CC(C)(C#N)C(O)c1ccc(Br)cc1Cl. The minimum atomic E-state index is -0.886. The average Bonchev–Trinajstić information content (AvgIpc) is 2.17. The van der Waals surface area contributed by atoms with Crippen molar-refractivity contribution in [3.8, 4) is 6.07 Å². The van der Waals surface area contributed by atoms with Crippen LogP contribution in [0.2, 0.25) is 5.02 Å². The Kier molecular flexibility index (Phi) is 3.77. The van der Waals surface area contributed by atoms with E-state index in [0.29, 0.717) is 10.6 Å². The Balaban J connectivity index is 3.13. The Morgan fingerprint density at radius 3 is 2.60 bits per heavy atom. The fourth-order valence-electron chi connectivity index (χ4n) is 1.17. The number of hydrogen-bond donors (Lipinski definition) is 1. The van der Waals surface area contributed by atoms with Crippen LogP contribution in [-0.4, -0.2) is 5.11 Å². The first-order valence-electron chi connectivity index (χ1n) is 4.43. The molecule has 1 rings (SSSR count). The van der Waals surface area contributed by atoms with Gasteiger partial charge in [0.25, 0.3) is 0 Å². The van der Waals surface area contributed by atoms with Crippen molar-refractivity contribution >= 4 is 27.5 Å². The molecular formula is C11H11BrClNO. The number of nitriles is 1. The highest BCUT2D eigenvalue weighted by molar-refractivity contribution is 9.10. The molecule has 1 N–H and O–H groups in total. The molecule has 1 aromatic carbocycles. The summed E-state index contributed by atoms with van der Waals surface area (Å²) in [5.74, 6) is 0. The Hall–Kier alpha value is -0.560. The topological polar surface area (TPSA) is 44.0 Å². The molecule has 4 heteroatoms. The van der Waals surface area contributed by atoms with Crippen molar-refractivity contribution in [1.82, 2.24) is 0 Å². The van der Waals surface area contributed by atoms with Crippen LogP contribution in [0.25, 0.3) is 0 Å². The largest absolute Gasteiger partial charge is 0.387 e. The molecule has 1 atom stereocenters. The van der Waals surface area contributed by atoms with E-state index in [4.69, 9.17) is 16.9 Å². The van der Waals surface area contributed by atoms with E-state index in [-0.39, 0.29) is 0 Å². The van der Waals surface area contributed by atoms with Crippen LogP contribution >= 0.6 is 27.5 Å². The third-order valence-electron chi connectivity index (χ3n) is 2.23. The molecule has 2 nitrogen and oxygen atoms in total. The molecule has 0 saturated carbocycles. The fraction of sp³-hybridized carbons (Fsp3) is 0.364. The zero-order valence-electron chi connectivity index (χ0n) is 8.46. The van der Waals surface area contributed by atoms with Gasteiger partial charge < -0.3 is 5.11 Å². The number of rotatable bonds is 2. The molecule has 1 unspecified atom stereocenters. The van der Waals surface area contributed by atoms with Gasteiger partial charge in [-0.3, -0.25) is 0 Å². The third kappa shape index (κ3) is 2.72. The van der Waals surface area contributed by atoms with Crippen LogP contribution in [-0.2, 0) is 0 Å². The molecule has 1 aromatic rings. The van der Waals surface area contributed by atoms with E-state index in [1.165, 1.54) is 0 Å². The molecule has 80 valence electrons. The van der Waals surface area contributed by atoms with Crippen LogP contribution in [0.1, 0.15) is 25.5 Å². The predicted molar refractivity (Wildman–Crippen MR) is 63.5 cm³/mol. The minimum Gasteiger partial charge on any atom is -0.387 e. The van der Waals surface area contributed by atoms with Crippen molar-refractivity contribution in [3.63, 3.8) is 0 Å². The highest BCUT2D eigenvalue weighted by atomic mass is 79.9. The Morgan fingerprint density at radius 1 is 1.53 bits per heavy atom. The summed E-state index contributed by atoms with van der Waals surface area (Å²) < 4.78 is 0.846. The van der Waals surface area contributed by atoms with E-state index < -0.39 is 11.5 Å². The second kappa shape index (κ2) is 4.52. The van der Waals surface area contributed by atoms with Gasteiger partial charge in [0, 0.05) is 15.1 Å². The van der Waals surface area contributed by atoms with Crippen molar-refractivity contribution in [3.05, 3.63) is 33.3 Å². The maximum Gasteiger partial charge on any atom is 0.0985 e. The Bertz CT molecular complexity index is 412. The smallest absolute Gasteiger partial charge is 0.0985 e. The van der Waals surface area contributed by atoms with Gasteiger partial charge in [0.15, 0.2) is 0 Å². The van der Waals surface area contributed by atoms with Gasteiger partial charge in [-0.2, -0.15) is 5.26 Å². The lowest BCUT2D eigenvalue weighted by atomic mass is 9.84. The highest BCUT2D eigenvalue weighted by Gasteiger charge is 2.30. The molecule has 0 saturated heterocycles. The number of hydrogen-bond acceptors (Lipinski definition) is 2. The molecule has 0 aliphatic heterocycles. The van der Waals surface area contributed by atoms with E-state index in [9.17, 15) is 5.11 Å². The van der Waals surface area contributed by atoms with Crippen LogP contribution in [0, 0.1) is 16.7 Å². The van der Waals surface area contributed by atoms with Gasteiger partial charge in [0.05, 0.1) is 17.6 Å². The Labute approximate surface area is 103 Å². The summed E-state index contributed by atoms with van der Waals surface area (Å²) in [6.45, 7) is 3.35. The first kappa shape index (κ1) is 12.5. The lowest BCUT2D eigenvalue weighted by Crippen LogP contribution is -2.20. The standard InChI is InChI=1S/C11H11BrClNO/c1-11(2,6-14)10(15)8-4-3-7(12)5-9(8)13/h3-5,10,15H,1-2H3. The van der Waals surface area contributed by atoms with Crippen LogP contribution in [0.3, 0.4) is 0 Å². The van der Waals surface area contributed by atoms with Gasteiger partial charge in [-0.25, -0.2) is 0 Å². The third-order valence-corrected chi connectivity index (χ3v) is 3.05. The van der Waals surface area contributed by atoms with Crippen molar-refractivity contribution in [2.24, 2.45) is 5.41 Å². The molecule has 0 fully saturated rings. The molecule has 0 aliphatic carbocycles. The number of aliphatic hydroxyl groups is 1. The maximum absolute atomic E-state index is 10.00. The Morgan fingerprint density at radius 2 is 2.13 bits per heavy atom. The number of halogens is 2. The second-order valence-electron chi connectivity index (χ2n) is 3.90. The van der Waals surface area contributed by atoms with Gasteiger partial charge in [0.1, 0.15) is 0 Å². The maximum atomic E-state index is 10.00. The number of nitrogens with zero attached hydrogens (tertiary/aromatic N) is 1. The van der Waals surface area contributed by atoms with E-state index in [1.807, 2.05) is 0 Å². The number of aliphatic hydroxyl groups excluding tert-OH is 1. The van der Waals surface area contributed by atoms with Crippen LogP contribution in [0.15, 0.2) is 22.7 Å². The second-order valence-corrected chi connectivity index (χ2v) is 5.22. The predicted octanol–water partition coefficient (Wildman–Crippen LogP) is 3.69. The molecule has 15 heavy (non-hydrogen) atoms. The normalized spacial score (nSPS) is 13.3. The zero-order chi connectivity index (χ0) is 11.6. The van der Waals surface area contributed by atoms with Crippen LogP contribution in [0.4, 0.5) is 0 Å². The fourth-order valence-corrected chi connectivity index (χ4v) is 1.95. The lowest BCUT2D eigenvalue weighted by Gasteiger charge is -2.24. The molecular weight excluding hydrogens is 277 g/mol. The summed E-state index contributed by atoms with van der Waals surface area (Å²) >= 11 is 9.27. The summed E-state index contributed by atoms with van der Waals surface area (Å²) in [5.41, 5.74) is -0.274. The molecule has 0 heterocycles. The van der Waals surface area contributed by atoms with Crippen LogP contribution in [0.5, 0.6) is 0 Å². The number of benzene rings is 1. The molecule has 0 aliphatic rings. The first-order valence-corrected chi connectivity index (χ1v) is 5.60. The van der Waals surface area contributed by atoms with Gasteiger partial charge in [-0.15, -0.1) is 0 Å². The lowest BCUT2D eigenvalue weighted by molar-refractivity contribution is 0.0868. The van der Waals surface area contributed by atoms with Gasteiger partial charge in [0.2, 0.25) is 0 Å². The van der Waals surface area contributed by atoms with Crippen molar-refractivity contribution in [2.45, 2.75) is 20.0 Å². The summed E-state index contributed by atoms with van der Waals surface area (Å²) in [5, 5.41) is 19.4. The van der Waals surface area contributed by atoms with E-state index in [2.05, 4.69) is 22.0 Å². The summed E-state index contributed by atoms with van der Waals surface area (Å²) in [6, 6.07) is 7.27. The minimum absolute atomic E-state index is 0.459. The average molecular weight is 289 g/mol. The monoisotopic (exact) mass is 287 g/mol. The van der Waals surface area contributed by atoms with Gasteiger partial charge >= 0.3 is 0 Å². The van der Waals surface area contributed by atoms with E-state index in [0.717, 1.165) is 4.47 Å². The zero-order valence-corrected chi connectivity index (χ0v) is 10.8. The molecule has 0 bridgehead atoms. The molecule has 0 aromatic heterocycles. The first-order chi connectivity index (χ1) is 6.88. The van der Waals surface area contributed by atoms with Crippen molar-refractivity contribution in [1.29, 1.82) is 5.26 Å². The molecule has 0 amide bonds. The summed E-state index contributed by atoms with van der Waals surface area (Å²) in [7, 11) is 0. The summed E-state index contributed by atoms with van der Waals surface area (Å²) in [6.07, 6.45) is -0.886. The van der Waals surface area contributed by atoms with Gasteiger partial charge in [-0.05, 0) is 26.0 Å². The highest BCUT2D eigenvalue weighted by Crippen LogP contribution is 2.36. The van der Waals surface area contributed by atoms with Gasteiger partial charge in [-0.1, -0.05) is 33.6 Å². The van der Waals surface area contributed by atoms with Crippen molar-refractivity contribution < 1.29 is 5.11 Å². The molecule has 0 radical (unpaired) electrons. The van der Waals surface area contributed by atoms with Crippen LogP contribution < -0.4 is 0 Å². The quantitative estimate of drug-likeness (QED) is 0.902. The van der Waals surface area contributed by atoms with E-state index in [1.54, 1.807) is 32.0 Å². The summed E-state index contributed by atoms with van der Waals surface area (Å²) in [4.78, 5) is 0.